The van der Waals surface area contributed by atoms with Crippen LogP contribution in [0.2, 0.25) is 0 Å². The Kier molecular flexibility index (Phi) is 5.77. The second kappa shape index (κ2) is 6.61. The Morgan fingerprint density at radius 3 is 2.44 bits per heavy atom. The highest BCUT2D eigenvalue weighted by atomic mass is 16.5. The van der Waals surface area contributed by atoms with Gasteiger partial charge in [-0.1, -0.05) is 12.8 Å². The fraction of sp³-hybridized carbons (Fsp3) is 1.00. The fourth-order valence-corrected chi connectivity index (χ4v) is 2.83. The molecule has 96 valence electrons. The molecule has 0 heterocycles. The van der Waals surface area contributed by atoms with Crippen LogP contribution in [0.1, 0.15) is 58.8 Å². The zero-order valence-electron chi connectivity index (χ0n) is 11.5. The van der Waals surface area contributed by atoms with Crippen molar-refractivity contribution >= 4 is 0 Å². The molecule has 0 aromatic rings. The number of methoxy groups -OCH3 is 1. The molecule has 1 saturated carbocycles. The summed E-state index contributed by atoms with van der Waals surface area (Å²) in [6.45, 7) is 4.36. The highest BCUT2D eigenvalue weighted by molar-refractivity contribution is 4.80. The summed E-state index contributed by atoms with van der Waals surface area (Å²) < 4.78 is 5.46. The maximum atomic E-state index is 5.46. The van der Waals surface area contributed by atoms with Crippen LogP contribution in [0.25, 0.3) is 0 Å². The number of ether oxygens (including phenoxy) is 1. The first-order valence-electron chi connectivity index (χ1n) is 6.81. The summed E-state index contributed by atoms with van der Waals surface area (Å²) in [7, 11) is 3.93. The van der Waals surface area contributed by atoms with Gasteiger partial charge in [0.1, 0.15) is 0 Å². The van der Waals surface area contributed by atoms with Gasteiger partial charge in [-0.15, -0.1) is 0 Å². The third-order valence-electron chi connectivity index (χ3n) is 4.19. The summed E-state index contributed by atoms with van der Waals surface area (Å²) in [5.74, 6) is 0.927. The molecule has 1 rings (SSSR count). The van der Waals surface area contributed by atoms with Crippen molar-refractivity contribution in [2.75, 3.05) is 14.2 Å². The monoisotopic (exact) mass is 227 g/mol. The van der Waals surface area contributed by atoms with Crippen LogP contribution < -0.4 is 5.32 Å². The lowest BCUT2D eigenvalue weighted by molar-refractivity contribution is 0.0126. The summed E-state index contributed by atoms with van der Waals surface area (Å²) in [6, 6.07) is 0.732. The van der Waals surface area contributed by atoms with E-state index in [1.807, 2.05) is 7.11 Å². The zero-order chi connectivity index (χ0) is 12.0. The van der Waals surface area contributed by atoms with E-state index in [2.05, 4.69) is 26.2 Å². The van der Waals surface area contributed by atoms with Crippen LogP contribution in [0, 0.1) is 5.92 Å². The lowest BCUT2D eigenvalue weighted by atomic mass is 9.91. The van der Waals surface area contributed by atoms with Crippen LogP contribution in [0.3, 0.4) is 0 Å². The van der Waals surface area contributed by atoms with Crippen molar-refractivity contribution in [3.05, 3.63) is 0 Å². The first-order chi connectivity index (χ1) is 7.59. The maximum absolute atomic E-state index is 5.46. The van der Waals surface area contributed by atoms with E-state index in [9.17, 15) is 0 Å². The normalized spacial score (nSPS) is 20.2. The maximum Gasteiger partial charge on any atom is 0.0622 e. The van der Waals surface area contributed by atoms with Gasteiger partial charge in [0.15, 0.2) is 0 Å². The van der Waals surface area contributed by atoms with Crippen LogP contribution in [0.5, 0.6) is 0 Å². The molecule has 1 aliphatic carbocycles. The number of hydrogen-bond donors (Lipinski definition) is 1. The van der Waals surface area contributed by atoms with Crippen molar-refractivity contribution in [2.45, 2.75) is 70.4 Å². The topological polar surface area (TPSA) is 21.3 Å². The van der Waals surface area contributed by atoms with Crippen molar-refractivity contribution in [3.63, 3.8) is 0 Å². The van der Waals surface area contributed by atoms with E-state index in [-0.39, 0.29) is 5.60 Å². The van der Waals surface area contributed by atoms with Crippen molar-refractivity contribution in [2.24, 2.45) is 5.92 Å². The highest BCUT2D eigenvalue weighted by Crippen LogP contribution is 2.30. The molecule has 2 nitrogen and oxygen atoms in total. The fourth-order valence-electron chi connectivity index (χ4n) is 2.83. The van der Waals surface area contributed by atoms with Gasteiger partial charge in [-0.3, -0.25) is 0 Å². The minimum absolute atomic E-state index is 0.0496. The Morgan fingerprint density at radius 1 is 1.31 bits per heavy atom. The van der Waals surface area contributed by atoms with E-state index in [0.29, 0.717) is 0 Å². The van der Waals surface area contributed by atoms with Crippen LogP contribution in [-0.2, 0) is 4.74 Å². The van der Waals surface area contributed by atoms with Crippen LogP contribution >= 0.6 is 0 Å². The largest absolute Gasteiger partial charge is 0.379 e. The van der Waals surface area contributed by atoms with Crippen molar-refractivity contribution < 1.29 is 4.74 Å². The van der Waals surface area contributed by atoms with E-state index in [0.717, 1.165) is 18.4 Å². The zero-order valence-corrected chi connectivity index (χ0v) is 11.5. The molecule has 0 bridgehead atoms. The Hall–Kier alpha value is -0.0800. The molecule has 2 heteroatoms. The van der Waals surface area contributed by atoms with Gasteiger partial charge in [-0.05, 0) is 58.9 Å². The predicted molar refractivity (Wildman–Crippen MR) is 69.7 cm³/mol. The molecule has 0 radical (unpaired) electrons. The standard InChI is InChI=1S/C14H29NO/c1-14(2,16-4)11-7-10-13(15-3)12-8-5-6-9-12/h12-13,15H,5-11H2,1-4H3. The molecule has 0 aromatic heterocycles. The number of nitrogens with one attached hydrogen (secondary N) is 1. The Morgan fingerprint density at radius 2 is 1.94 bits per heavy atom. The molecule has 0 aliphatic heterocycles. The van der Waals surface area contributed by atoms with E-state index >= 15 is 0 Å². The van der Waals surface area contributed by atoms with Crippen molar-refractivity contribution in [1.82, 2.24) is 5.32 Å². The quantitative estimate of drug-likeness (QED) is 0.720. The molecule has 1 atom stereocenters. The molecular formula is C14H29NO. The Bertz CT molecular complexity index is 185. The van der Waals surface area contributed by atoms with E-state index < -0.39 is 0 Å². The molecule has 1 unspecified atom stereocenters. The van der Waals surface area contributed by atoms with E-state index in [1.54, 1.807) is 0 Å². The average Bonchev–Trinajstić information content (AvgIpc) is 2.78. The SMILES string of the molecule is CNC(CCCC(C)(C)OC)C1CCCC1. The van der Waals surface area contributed by atoms with Crippen molar-refractivity contribution in [1.29, 1.82) is 0 Å². The minimum atomic E-state index is 0.0496. The molecule has 1 aliphatic rings. The third-order valence-corrected chi connectivity index (χ3v) is 4.19. The van der Waals surface area contributed by atoms with E-state index in [4.69, 9.17) is 4.74 Å². The molecule has 0 amide bonds. The Labute approximate surface area is 101 Å². The Balaban J connectivity index is 2.23. The van der Waals surface area contributed by atoms with Gasteiger partial charge < -0.3 is 10.1 Å². The van der Waals surface area contributed by atoms with Gasteiger partial charge in [0, 0.05) is 13.2 Å². The molecule has 0 saturated heterocycles. The highest BCUT2D eigenvalue weighted by Gasteiger charge is 2.24. The first-order valence-corrected chi connectivity index (χ1v) is 6.81. The molecule has 1 fully saturated rings. The third kappa shape index (κ3) is 4.42. The smallest absolute Gasteiger partial charge is 0.0622 e. The predicted octanol–water partition coefficient (Wildman–Crippen LogP) is 3.36. The molecule has 16 heavy (non-hydrogen) atoms. The molecule has 1 N–H and O–H groups in total. The van der Waals surface area contributed by atoms with Gasteiger partial charge in [-0.2, -0.15) is 0 Å². The second-order valence-corrected chi connectivity index (χ2v) is 5.80. The number of rotatable bonds is 7. The summed E-state index contributed by atoms with van der Waals surface area (Å²) in [5, 5.41) is 3.51. The van der Waals surface area contributed by atoms with Crippen LogP contribution in [0.15, 0.2) is 0 Å². The van der Waals surface area contributed by atoms with Gasteiger partial charge in [-0.25, -0.2) is 0 Å². The molecule has 0 aromatic carbocycles. The summed E-state index contributed by atoms with van der Waals surface area (Å²) >= 11 is 0. The summed E-state index contributed by atoms with van der Waals surface area (Å²) in [5.41, 5.74) is 0.0496. The minimum Gasteiger partial charge on any atom is -0.379 e. The molecular weight excluding hydrogens is 198 g/mol. The van der Waals surface area contributed by atoms with E-state index in [1.165, 1.54) is 38.5 Å². The number of hydrogen-bond acceptors (Lipinski definition) is 2. The van der Waals surface area contributed by atoms with Gasteiger partial charge >= 0.3 is 0 Å². The first kappa shape index (κ1) is 14.0. The average molecular weight is 227 g/mol. The lowest BCUT2D eigenvalue weighted by Crippen LogP contribution is -2.33. The summed E-state index contributed by atoms with van der Waals surface area (Å²) in [6.07, 6.45) is 9.46. The summed E-state index contributed by atoms with van der Waals surface area (Å²) in [4.78, 5) is 0. The van der Waals surface area contributed by atoms with Crippen LogP contribution in [0.4, 0.5) is 0 Å². The van der Waals surface area contributed by atoms with Gasteiger partial charge in [0.05, 0.1) is 5.60 Å². The van der Waals surface area contributed by atoms with Crippen LogP contribution in [-0.4, -0.2) is 25.8 Å². The molecule has 0 spiro atoms. The second-order valence-electron chi connectivity index (χ2n) is 5.80. The lowest BCUT2D eigenvalue weighted by Gasteiger charge is -2.26. The van der Waals surface area contributed by atoms with Gasteiger partial charge in [0.25, 0.3) is 0 Å². The van der Waals surface area contributed by atoms with Gasteiger partial charge in [0.2, 0.25) is 0 Å². The van der Waals surface area contributed by atoms with Crippen molar-refractivity contribution in [3.8, 4) is 0 Å².